The van der Waals surface area contributed by atoms with Gasteiger partial charge in [-0.1, -0.05) is 12.1 Å². The van der Waals surface area contributed by atoms with E-state index in [4.69, 9.17) is 15.9 Å². The van der Waals surface area contributed by atoms with E-state index in [-0.39, 0.29) is 34.7 Å². The van der Waals surface area contributed by atoms with Gasteiger partial charge in [-0.15, -0.1) is 0 Å². The molecule has 0 aromatic heterocycles. The second-order valence-electron chi connectivity index (χ2n) is 11.0. The number of nitrogens with zero attached hydrogens (tertiary/aromatic N) is 2. The van der Waals surface area contributed by atoms with Crippen molar-refractivity contribution in [3.05, 3.63) is 29.8 Å². The third kappa shape index (κ3) is 3.77. The zero-order valence-electron chi connectivity index (χ0n) is 18.6. The molecule has 8 heteroatoms. The number of amides is 1. The van der Waals surface area contributed by atoms with Gasteiger partial charge < -0.3 is 26.0 Å². The predicted octanol–water partition coefficient (Wildman–Crippen LogP) is 2.25. The number of fused-ring (bicyclic) bond motifs is 1. The molecule has 1 aromatic rings. The molecule has 1 saturated heterocycles. The van der Waals surface area contributed by atoms with Crippen LogP contribution in [-0.2, 0) is 4.79 Å². The van der Waals surface area contributed by atoms with Crippen molar-refractivity contribution in [3.8, 4) is 11.8 Å². The van der Waals surface area contributed by atoms with Crippen molar-refractivity contribution in [3.63, 3.8) is 0 Å². The normalized spacial score (nSPS) is 40.3. The zero-order valence-corrected chi connectivity index (χ0v) is 18.6. The summed E-state index contributed by atoms with van der Waals surface area (Å²) in [5.41, 5.74) is 5.65. The molecule has 5 saturated carbocycles. The van der Waals surface area contributed by atoms with Crippen LogP contribution >= 0.6 is 0 Å². The smallest absolute Gasteiger partial charge is 0.339 e. The molecule has 5 N–H and O–H groups in total. The second kappa shape index (κ2) is 7.71. The van der Waals surface area contributed by atoms with E-state index >= 15 is 0 Å². The Morgan fingerprint density at radius 1 is 1.12 bits per heavy atom. The van der Waals surface area contributed by atoms with Crippen LogP contribution in [0.3, 0.4) is 0 Å². The number of benzene rings is 1. The lowest BCUT2D eigenvalue weighted by Gasteiger charge is -2.61. The molecule has 0 radical (unpaired) electrons. The summed E-state index contributed by atoms with van der Waals surface area (Å²) in [6, 6.07) is 7.53. The summed E-state index contributed by atoms with van der Waals surface area (Å²) < 4.78 is 0. The molecule has 7 rings (SSSR count). The van der Waals surface area contributed by atoms with Crippen LogP contribution in [0.1, 0.15) is 61.7 Å². The topological polar surface area (TPSA) is 148 Å². The molecule has 5 aliphatic carbocycles. The molecule has 33 heavy (non-hydrogen) atoms. The number of aliphatic hydroxyl groups is 1. The molecule has 6 fully saturated rings. The number of aromatic carboxylic acids is 1. The Bertz CT molecular complexity index is 1010. The van der Waals surface area contributed by atoms with Crippen LogP contribution in [0.25, 0.3) is 0 Å². The van der Waals surface area contributed by atoms with Crippen molar-refractivity contribution >= 4 is 11.9 Å². The van der Waals surface area contributed by atoms with E-state index in [0.717, 1.165) is 38.5 Å². The molecule has 1 aromatic carbocycles. The Balaban J connectivity index is 0.000000193. The highest BCUT2D eigenvalue weighted by Gasteiger charge is 2.62. The van der Waals surface area contributed by atoms with Gasteiger partial charge in [0.05, 0.1) is 17.7 Å². The van der Waals surface area contributed by atoms with Crippen LogP contribution in [0.5, 0.6) is 5.75 Å². The van der Waals surface area contributed by atoms with Crippen molar-refractivity contribution in [2.45, 2.75) is 75.1 Å². The Kier molecular flexibility index (Phi) is 5.18. The van der Waals surface area contributed by atoms with E-state index in [0.29, 0.717) is 24.2 Å². The van der Waals surface area contributed by atoms with E-state index in [9.17, 15) is 20.0 Å². The molecule has 176 valence electrons. The number of piperidine rings is 1. The standard InChI is InChI=1S/C18H25N3O2.C7H6O3/c19-8-13-2-12-3-14(12)21(13)16(22)15(20)17-4-10-1-11(5-17)7-18(23,6-10)9-17;8-6-4-2-1-3-5(6)7(9)10/h10-15,23H,1-7,9,20H2;1-4,8H,(H,9,10)/t10-,11+,12-,13+,14+,15-,17?,18?;/m1./s1. The number of para-hydroxylation sites is 1. The maximum absolute atomic E-state index is 13.1. The van der Waals surface area contributed by atoms with E-state index in [1.807, 2.05) is 0 Å². The third-order valence-corrected chi connectivity index (χ3v) is 8.64. The first-order chi connectivity index (χ1) is 15.6. The van der Waals surface area contributed by atoms with Gasteiger partial charge in [-0.25, -0.2) is 4.79 Å². The van der Waals surface area contributed by atoms with Crippen molar-refractivity contribution in [1.82, 2.24) is 4.90 Å². The lowest BCUT2D eigenvalue weighted by atomic mass is 9.46. The lowest BCUT2D eigenvalue weighted by molar-refractivity contribution is -0.177. The summed E-state index contributed by atoms with van der Waals surface area (Å²) in [5, 5.41) is 37.6. The number of phenols is 1. The quantitative estimate of drug-likeness (QED) is 0.548. The van der Waals surface area contributed by atoms with Gasteiger partial charge in [0.1, 0.15) is 17.4 Å². The number of nitrogens with two attached hydrogens (primary N) is 1. The van der Waals surface area contributed by atoms with Crippen LogP contribution < -0.4 is 5.73 Å². The van der Waals surface area contributed by atoms with Gasteiger partial charge in [0.25, 0.3) is 0 Å². The minimum absolute atomic E-state index is 0.0212. The monoisotopic (exact) mass is 453 g/mol. The van der Waals surface area contributed by atoms with Crippen molar-refractivity contribution < 1.29 is 24.9 Å². The van der Waals surface area contributed by atoms with Gasteiger partial charge in [0.2, 0.25) is 5.91 Å². The number of likely N-dealkylation sites (tertiary alicyclic amines) is 1. The maximum Gasteiger partial charge on any atom is 0.339 e. The maximum atomic E-state index is 13.1. The Morgan fingerprint density at radius 2 is 1.79 bits per heavy atom. The number of carboxylic acids is 1. The Morgan fingerprint density at radius 3 is 2.33 bits per heavy atom. The zero-order chi connectivity index (χ0) is 23.5. The van der Waals surface area contributed by atoms with Crippen LogP contribution in [0.2, 0.25) is 0 Å². The molecular weight excluding hydrogens is 422 g/mol. The van der Waals surface area contributed by atoms with E-state index < -0.39 is 17.6 Å². The Hall–Kier alpha value is -2.63. The van der Waals surface area contributed by atoms with Gasteiger partial charge in [0.15, 0.2) is 0 Å². The van der Waals surface area contributed by atoms with Crippen LogP contribution in [0.4, 0.5) is 0 Å². The average molecular weight is 454 g/mol. The van der Waals surface area contributed by atoms with E-state index in [1.54, 1.807) is 17.0 Å². The third-order valence-electron chi connectivity index (χ3n) is 8.64. The largest absolute Gasteiger partial charge is 0.507 e. The molecular formula is C25H31N3O5. The van der Waals surface area contributed by atoms with Crippen molar-refractivity contribution in [2.24, 2.45) is 28.9 Å². The summed E-state index contributed by atoms with van der Waals surface area (Å²) >= 11 is 0. The molecule has 1 aliphatic heterocycles. The first-order valence-electron chi connectivity index (χ1n) is 11.9. The summed E-state index contributed by atoms with van der Waals surface area (Å²) in [7, 11) is 0. The fourth-order valence-electron chi connectivity index (χ4n) is 7.61. The fourth-order valence-corrected chi connectivity index (χ4v) is 7.61. The molecule has 6 aliphatic rings. The van der Waals surface area contributed by atoms with E-state index in [1.165, 1.54) is 18.6 Å². The molecule has 4 bridgehead atoms. The Labute approximate surface area is 193 Å². The van der Waals surface area contributed by atoms with Gasteiger partial charge in [0, 0.05) is 6.04 Å². The van der Waals surface area contributed by atoms with Gasteiger partial charge in [-0.3, -0.25) is 4.79 Å². The predicted molar refractivity (Wildman–Crippen MR) is 118 cm³/mol. The first kappa shape index (κ1) is 22.2. The number of rotatable bonds is 3. The van der Waals surface area contributed by atoms with E-state index in [2.05, 4.69) is 6.07 Å². The van der Waals surface area contributed by atoms with Gasteiger partial charge >= 0.3 is 5.97 Å². The number of carboxylic acid groups (broad SMARTS) is 1. The molecule has 1 heterocycles. The van der Waals surface area contributed by atoms with Crippen molar-refractivity contribution in [2.75, 3.05) is 0 Å². The molecule has 8 nitrogen and oxygen atoms in total. The molecule has 8 atom stereocenters. The summed E-state index contributed by atoms with van der Waals surface area (Å²) in [5.74, 6) is 0.245. The highest BCUT2D eigenvalue weighted by Crippen LogP contribution is 2.63. The SMILES string of the molecule is N#C[C@@H]1C[C@@H]2C[C@@H]2N1C(=O)[C@@H](N)C12C[C@@H]3C[C@@H](CC(O)(C3)C1)C2.O=C(O)c1ccccc1O. The van der Waals surface area contributed by atoms with Crippen LogP contribution in [-0.4, -0.2) is 55.8 Å². The lowest BCUT2D eigenvalue weighted by Crippen LogP contribution is -2.64. The number of aromatic hydroxyl groups is 1. The minimum Gasteiger partial charge on any atom is -0.507 e. The number of carbonyl (C=O) groups excluding carboxylic acids is 1. The highest BCUT2D eigenvalue weighted by molar-refractivity contribution is 5.90. The van der Waals surface area contributed by atoms with Gasteiger partial charge in [-0.2, -0.15) is 5.26 Å². The summed E-state index contributed by atoms with van der Waals surface area (Å²) in [6.45, 7) is 0. The average Bonchev–Trinajstić information content (AvgIpc) is 3.41. The number of carbonyl (C=O) groups is 2. The number of hydrogen-bond donors (Lipinski definition) is 4. The van der Waals surface area contributed by atoms with Crippen LogP contribution in [0.15, 0.2) is 24.3 Å². The second-order valence-corrected chi connectivity index (χ2v) is 11.0. The van der Waals surface area contributed by atoms with Crippen LogP contribution in [0, 0.1) is 34.5 Å². The minimum atomic E-state index is -1.11. The number of hydrogen-bond acceptors (Lipinski definition) is 6. The highest BCUT2D eigenvalue weighted by atomic mass is 16.4. The fraction of sp³-hybridized carbons (Fsp3) is 0.640. The summed E-state index contributed by atoms with van der Waals surface area (Å²) in [4.78, 5) is 25.2. The number of nitriles is 1. The molecule has 0 spiro atoms. The first-order valence-corrected chi connectivity index (χ1v) is 11.9. The molecule has 1 amide bonds. The summed E-state index contributed by atoms with van der Waals surface area (Å²) in [6.07, 6.45) is 7.48. The molecule has 2 unspecified atom stereocenters. The van der Waals surface area contributed by atoms with Gasteiger partial charge in [-0.05, 0) is 86.7 Å². The van der Waals surface area contributed by atoms with Crippen molar-refractivity contribution in [1.29, 1.82) is 5.26 Å².